The number of amides is 1. The van der Waals surface area contributed by atoms with Crippen LogP contribution in [-0.4, -0.2) is 38.1 Å². The molecule has 3 rings (SSSR count). The van der Waals surface area contributed by atoms with Crippen molar-refractivity contribution < 1.29 is 14.3 Å². The van der Waals surface area contributed by atoms with Gasteiger partial charge in [-0.3, -0.25) is 9.69 Å². The number of carbonyl (C=O) groups is 1. The minimum atomic E-state index is -0.155. The Hall–Kier alpha value is -2.53. The zero-order chi connectivity index (χ0) is 18.4. The van der Waals surface area contributed by atoms with Crippen molar-refractivity contribution in [3.63, 3.8) is 0 Å². The van der Waals surface area contributed by atoms with Crippen LogP contribution in [0.1, 0.15) is 35.2 Å². The number of methoxy groups -OCH3 is 2. The quantitative estimate of drug-likeness (QED) is 0.854. The molecule has 2 aromatic rings. The van der Waals surface area contributed by atoms with Gasteiger partial charge in [0.15, 0.2) is 0 Å². The van der Waals surface area contributed by atoms with Gasteiger partial charge >= 0.3 is 0 Å². The predicted molar refractivity (Wildman–Crippen MR) is 103 cm³/mol. The first-order valence-corrected chi connectivity index (χ1v) is 9.04. The smallest absolute Gasteiger partial charge is 0.255 e. The summed E-state index contributed by atoms with van der Waals surface area (Å²) in [5.74, 6) is 1.10. The number of hydrogen-bond acceptors (Lipinski definition) is 4. The minimum absolute atomic E-state index is 0.155. The fraction of sp³-hybridized carbons (Fsp3) is 0.381. The van der Waals surface area contributed by atoms with E-state index < -0.39 is 0 Å². The molecule has 138 valence electrons. The van der Waals surface area contributed by atoms with Crippen LogP contribution in [0.15, 0.2) is 42.5 Å². The van der Waals surface area contributed by atoms with E-state index in [0.29, 0.717) is 22.7 Å². The Morgan fingerprint density at radius 2 is 1.73 bits per heavy atom. The second-order valence-corrected chi connectivity index (χ2v) is 6.55. The van der Waals surface area contributed by atoms with Crippen molar-refractivity contribution >= 4 is 11.6 Å². The number of nitrogens with one attached hydrogen (secondary N) is 1. The number of nitrogens with zero attached hydrogens (tertiary/aromatic N) is 1. The van der Waals surface area contributed by atoms with Gasteiger partial charge in [-0.2, -0.15) is 0 Å². The second kappa shape index (κ2) is 8.72. The Kier molecular flexibility index (Phi) is 6.12. The summed E-state index contributed by atoms with van der Waals surface area (Å²) in [4.78, 5) is 15.0. The van der Waals surface area contributed by atoms with E-state index >= 15 is 0 Å². The van der Waals surface area contributed by atoms with Crippen molar-refractivity contribution in [1.82, 2.24) is 4.90 Å². The Morgan fingerprint density at radius 3 is 2.38 bits per heavy atom. The molecule has 1 N–H and O–H groups in total. The third kappa shape index (κ3) is 4.55. The second-order valence-electron chi connectivity index (χ2n) is 6.55. The average Bonchev–Trinajstić information content (AvgIpc) is 2.69. The maximum Gasteiger partial charge on any atom is 0.255 e. The van der Waals surface area contributed by atoms with Gasteiger partial charge in [0.25, 0.3) is 5.91 Å². The third-order valence-electron chi connectivity index (χ3n) is 4.73. The molecule has 0 atom stereocenters. The molecule has 1 aliphatic rings. The molecule has 1 heterocycles. The molecule has 0 saturated carbocycles. The summed E-state index contributed by atoms with van der Waals surface area (Å²) in [5.41, 5.74) is 2.49. The highest BCUT2D eigenvalue weighted by molar-refractivity contribution is 6.05. The van der Waals surface area contributed by atoms with E-state index in [1.54, 1.807) is 32.4 Å². The lowest BCUT2D eigenvalue weighted by molar-refractivity contribution is 0.102. The Morgan fingerprint density at radius 1 is 1.00 bits per heavy atom. The van der Waals surface area contributed by atoms with Crippen molar-refractivity contribution in [3.05, 3.63) is 53.6 Å². The van der Waals surface area contributed by atoms with Gasteiger partial charge in [-0.15, -0.1) is 0 Å². The van der Waals surface area contributed by atoms with Crippen molar-refractivity contribution in [2.45, 2.75) is 25.8 Å². The van der Waals surface area contributed by atoms with Crippen molar-refractivity contribution in [1.29, 1.82) is 0 Å². The molecule has 1 fully saturated rings. The van der Waals surface area contributed by atoms with Crippen LogP contribution in [-0.2, 0) is 6.54 Å². The van der Waals surface area contributed by atoms with Crippen LogP contribution in [0.5, 0.6) is 11.5 Å². The van der Waals surface area contributed by atoms with Crippen LogP contribution in [0.2, 0.25) is 0 Å². The summed E-state index contributed by atoms with van der Waals surface area (Å²) in [6.07, 6.45) is 3.90. The summed E-state index contributed by atoms with van der Waals surface area (Å²) < 4.78 is 10.5. The van der Waals surface area contributed by atoms with Crippen LogP contribution in [0, 0.1) is 0 Å². The Balaban J connectivity index is 1.64. The number of ether oxygens (including phenoxy) is 2. The molecule has 0 radical (unpaired) electrons. The van der Waals surface area contributed by atoms with Crippen LogP contribution in [0.3, 0.4) is 0 Å². The molecule has 1 amide bonds. The van der Waals surface area contributed by atoms with Crippen LogP contribution >= 0.6 is 0 Å². The molecule has 5 nitrogen and oxygen atoms in total. The molecule has 1 aliphatic heterocycles. The van der Waals surface area contributed by atoms with Gasteiger partial charge in [0, 0.05) is 18.2 Å². The molecule has 0 aliphatic carbocycles. The average molecular weight is 354 g/mol. The molecule has 26 heavy (non-hydrogen) atoms. The van der Waals surface area contributed by atoms with E-state index in [0.717, 1.165) is 6.54 Å². The summed E-state index contributed by atoms with van der Waals surface area (Å²) in [6, 6.07) is 13.1. The normalized spacial score (nSPS) is 14.7. The molecular weight excluding hydrogens is 328 g/mol. The highest BCUT2D eigenvalue weighted by atomic mass is 16.5. The highest BCUT2D eigenvalue weighted by Crippen LogP contribution is 2.29. The molecule has 0 bridgehead atoms. The molecule has 0 aromatic heterocycles. The number of hydrogen-bond donors (Lipinski definition) is 1. The van der Waals surface area contributed by atoms with Gasteiger partial charge in [0.05, 0.1) is 19.9 Å². The summed E-state index contributed by atoms with van der Waals surface area (Å²) in [7, 11) is 3.16. The topological polar surface area (TPSA) is 50.8 Å². The lowest BCUT2D eigenvalue weighted by atomic mass is 10.1. The molecule has 0 spiro atoms. The van der Waals surface area contributed by atoms with E-state index in [-0.39, 0.29) is 5.91 Å². The number of rotatable bonds is 6. The van der Waals surface area contributed by atoms with Crippen molar-refractivity contribution in [2.24, 2.45) is 0 Å². The summed E-state index contributed by atoms with van der Waals surface area (Å²) in [6.45, 7) is 3.28. The van der Waals surface area contributed by atoms with E-state index in [9.17, 15) is 4.79 Å². The molecular formula is C21H26N2O3. The lowest BCUT2D eigenvalue weighted by Crippen LogP contribution is -2.29. The Bertz CT molecular complexity index is 737. The van der Waals surface area contributed by atoms with Gasteiger partial charge in [0.2, 0.25) is 0 Å². The van der Waals surface area contributed by atoms with Gasteiger partial charge in [0.1, 0.15) is 11.5 Å². The first-order chi connectivity index (χ1) is 12.7. The summed E-state index contributed by atoms with van der Waals surface area (Å²) >= 11 is 0. The van der Waals surface area contributed by atoms with Crippen molar-refractivity contribution in [3.8, 4) is 11.5 Å². The number of anilines is 1. The first kappa shape index (κ1) is 18.3. The monoisotopic (exact) mass is 354 g/mol. The Labute approximate surface area is 154 Å². The maximum atomic E-state index is 12.5. The number of piperidine rings is 1. The zero-order valence-corrected chi connectivity index (χ0v) is 15.5. The van der Waals surface area contributed by atoms with Gasteiger partial charge in [-0.1, -0.05) is 18.6 Å². The molecule has 2 aromatic carbocycles. The van der Waals surface area contributed by atoms with Crippen LogP contribution < -0.4 is 14.8 Å². The van der Waals surface area contributed by atoms with E-state index in [2.05, 4.69) is 10.2 Å². The predicted octanol–water partition coefficient (Wildman–Crippen LogP) is 3.94. The highest BCUT2D eigenvalue weighted by Gasteiger charge is 2.13. The van der Waals surface area contributed by atoms with E-state index in [1.165, 1.54) is 37.9 Å². The van der Waals surface area contributed by atoms with E-state index in [4.69, 9.17) is 9.47 Å². The SMILES string of the molecule is COc1ccc(NC(=O)c2ccc(CN3CCCCC3)cc2)c(OC)c1. The number of likely N-dealkylation sites (tertiary alicyclic amines) is 1. The lowest BCUT2D eigenvalue weighted by Gasteiger charge is -2.26. The number of carbonyl (C=O) groups excluding carboxylic acids is 1. The van der Waals surface area contributed by atoms with E-state index in [1.807, 2.05) is 24.3 Å². The first-order valence-electron chi connectivity index (χ1n) is 9.04. The third-order valence-corrected chi connectivity index (χ3v) is 4.73. The van der Waals surface area contributed by atoms with Gasteiger partial charge < -0.3 is 14.8 Å². The van der Waals surface area contributed by atoms with Crippen LogP contribution in [0.4, 0.5) is 5.69 Å². The zero-order valence-electron chi connectivity index (χ0n) is 15.5. The standard InChI is InChI=1S/C21H26N2O3/c1-25-18-10-11-19(20(14-18)26-2)22-21(24)17-8-6-16(7-9-17)15-23-12-4-3-5-13-23/h6-11,14H,3-5,12-13,15H2,1-2H3,(H,22,24). The number of benzene rings is 2. The molecule has 5 heteroatoms. The van der Waals surface area contributed by atoms with Crippen LogP contribution in [0.25, 0.3) is 0 Å². The fourth-order valence-electron chi connectivity index (χ4n) is 3.23. The molecule has 0 unspecified atom stereocenters. The maximum absolute atomic E-state index is 12.5. The minimum Gasteiger partial charge on any atom is -0.497 e. The largest absolute Gasteiger partial charge is 0.497 e. The van der Waals surface area contributed by atoms with Crippen molar-refractivity contribution in [2.75, 3.05) is 32.6 Å². The van der Waals surface area contributed by atoms with Gasteiger partial charge in [-0.05, 0) is 55.8 Å². The van der Waals surface area contributed by atoms with Gasteiger partial charge in [-0.25, -0.2) is 0 Å². The summed E-state index contributed by atoms with van der Waals surface area (Å²) in [5, 5.41) is 2.90. The molecule has 1 saturated heterocycles. The fourth-order valence-corrected chi connectivity index (χ4v) is 3.23.